The highest BCUT2D eigenvalue weighted by Gasteiger charge is 2.19. The van der Waals surface area contributed by atoms with Crippen LogP contribution in [0.2, 0.25) is 0 Å². The highest BCUT2D eigenvalue weighted by molar-refractivity contribution is 7.89. The van der Waals surface area contributed by atoms with Crippen molar-refractivity contribution < 1.29 is 21.6 Å². The quantitative estimate of drug-likeness (QED) is 0.438. The second kappa shape index (κ2) is 10.7. The van der Waals surface area contributed by atoms with Crippen molar-refractivity contribution >= 4 is 26.0 Å². The van der Waals surface area contributed by atoms with E-state index in [1.165, 1.54) is 30.3 Å². The number of hydrogen-bond donors (Lipinski definition) is 3. The predicted octanol–water partition coefficient (Wildman–Crippen LogP) is 1.91. The van der Waals surface area contributed by atoms with Crippen molar-refractivity contribution in [2.75, 3.05) is 6.54 Å². The number of carbonyl (C=O) groups is 1. The van der Waals surface area contributed by atoms with Crippen LogP contribution < -0.4 is 14.8 Å². The Morgan fingerprint density at radius 2 is 1.71 bits per heavy atom. The number of nitrogens with one attached hydrogen (secondary N) is 3. The second-order valence-electron chi connectivity index (χ2n) is 7.15. The van der Waals surface area contributed by atoms with Crippen LogP contribution in [0.5, 0.6) is 0 Å². The molecule has 168 valence electrons. The maximum absolute atomic E-state index is 12.7. The van der Waals surface area contributed by atoms with Crippen LogP contribution in [-0.4, -0.2) is 35.3 Å². The molecule has 2 aromatic rings. The lowest BCUT2D eigenvalue weighted by Crippen LogP contribution is -2.32. The Labute approximate surface area is 183 Å². The molecule has 0 aliphatic heterocycles. The average Bonchev–Trinajstić information content (AvgIpc) is 2.70. The molecule has 0 atom stereocenters. The fourth-order valence-electron chi connectivity index (χ4n) is 2.80. The van der Waals surface area contributed by atoms with Gasteiger partial charge in [0.1, 0.15) is 0 Å². The van der Waals surface area contributed by atoms with E-state index in [-0.39, 0.29) is 35.3 Å². The molecule has 0 unspecified atom stereocenters. The topological polar surface area (TPSA) is 121 Å². The van der Waals surface area contributed by atoms with E-state index in [4.69, 9.17) is 0 Å². The lowest BCUT2D eigenvalue weighted by Gasteiger charge is -2.14. The van der Waals surface area contributed by atoms with Crippen molar-refractivity contribution in [2.45, 2.75) is 37.1 Å². The Morgan fingerprint density at radius 3 is 2.35 bits per heavy atom. The summed E-state index contributed by atoms with van der Waals surface area (Å²) >= 11 is 0. The minimum absolute atomic E-state index is 0.0645. The van der Waals surface area contributed by atoms with E-state index in [0.29, 0.717) is 11.1 Å². The Balaban J connectivity index is 2.18. The molecule has 0 fully saturated rings. The van der Waals surface area contributed by atoms with E-state index in [2.05, 4.69) is 21.3 Å². The van der Waals surface area contributed by atoms with Gasteiger partial charge in [-0.2, -0.15) is 0 Å². The SMILES string of the molecule is C=CCNC(=O)c1cccc(S(=O)(=O)NCc2ccccc2CS(=O)(=O)NC(C)C)c1. The van der Waals surface area contributed by atoms with Gasteiger partial charge in [-0.25, -0.2) is 26.3 Å². The van der Waals surface area contributed by atoms with E-state index < -0.39 is 26.0 Å². The van der Waals surface area contributed by atoms with E-state index in [0.717, 1.165) is 0 Å². The third-order valence-electron chi connectivity index (χ3n) is 4.15. The molecular formula is C21H27N3O5S2. The molecule has 31 heavy (non-hydrogen) atoms. The van der Waals surface area contributed by atoms with Gasteiger partial charge in [0, 0.05) is 24.7 Å². The maximum Gasteiger partial charge on any atom is 0.251 e. The largest absolute Gasteiger partial charge is 0.349 e. The van der Waals surface area contributed by atoms with Gasteiger partial charge in [0.25, 0.3) is 5.91 Å². The van der Waals surface area contributed by atoms with Gasteiger partial charge in [0.05, 0.1) is 10.6 Å². The number of benzene rings is 2. The lowest BCUT2D eigenvalue weighted by molar-refractivity contribution is 0.0957. The van der Waals surface area contributed by atoms with Gasteiger partial charge in [0.15, 0.2) is 0 Å². The van der Waals surface area contributed by atoms with Crippen LogP contribution in [0.25, 0.3) is 0 Å². The van der Waals surface area contributed by atoms with Crippen LogP contribution in [0.3, 0.4) is 0 Å². The van der Waals surface area contributed by atoms with Crippen LogP contribution in [-0.2, 0) is 32.3 Å². The van der Waals surface area contributed by atoms with E-state index in [9.17, 15) is 21.6 Å². The minimum Gasteiger partial charge on any atom is -0.349 e. The lowest BCUT2D eigenvalue weighted by atomic mass is 10.1. The third-order valence-corrected chi connectivity index (χ3v) is 7.07. The molecule has 2 rings (SSSR count). The highest BCUT2D eigenvalue weighted by Crippen LogP contribution is 2.16. The molecule has 0 aliphatic rings. The van der Waals surface area contributed by atoms with Gasteiger partial charge in [-0.3, -0.25) is 4.79 Å². The number of carbonyl (C=O) groups excluding carboxylic acids is 1. The van der Waals surface area contributed by atoms with Crippen LogP contribution in [0.15, 0.2) is 66.1 Å². The fraction of sp³-hybridized carbons (Fsp3) is 0.286. The standard InChI is InChI=1S/C21H27N3O5S2/c1-4-12-22-21(25)17-10-7-11-20(13-17)31(28,29)23-14-18-8-5-6-9-19(18)15-30(26,27)24-16(2)3/h4-11,13,16,23-24H,1,12,14-15H2,2-3H3,(H,22,25). The average molecular weight is 466 g/mol. The number of sulfonamides is 2. The Morgan fingerprint density at radius 1 is 1.03 bits per heavy atom. The van der Waals surface area contributed by atoms with Gasteiger partial charge in [0.2, 0.25) is 20.0 Å². The van der Waals surface area contributed by atoms with Gasteiger partial charge in [-0.15, -0.1) is 6.58 Å². The molecule has 0 bridgehead atoms. The van der Waals surface area contributed by atoms with Crippen molar-refractivity contribution in [3.05, 3.63) is 77.9 Å². The summed E-state index contributed by atoms with van der Waals surface area (Å²) in [6.07, 6.45) is 1.52. The molecule has 0 saturated carbocycles. The molecule has 8 nitrogen and oxygen atoms in total. The zero-order valence-electron chi connectivity index (χ0n) is 17.5. The third kappa shape index (κ3) is 7.59. The number of rotatable bonds is 11. The van der Waals surface area contributed by atoms with E-state index in [1.54, 1.807) is 38.1 Å². The number of hydrogen-bond acceptors (Lipinski definition) is 5. The van der Waals surface area contributed by atoms with Gasteiger partial charge in [-0.05, 0) is 43.2 Å². The molecule has 10 heteroatoms. The smallest absolute Gasteiger partial charge is 0.251 e. The van der Waals surface area contributed by atoms with Crippen molar-refractivity contribution in [2.24, 2.45) is 0 Å². The van der Waals surface area contributed by atoms with Crippen LogP contribution in [0.4, 0.5) is 0 Å². The molecule has 0 aromatic heterocycles. The second-order valence-corrected chi connectivity index (χ2v) is 10.7. The fourth-order valence-corrected chi connectivity index (χ4v) is 5.35. The zero-order valence-corrected chi connectivity index (χ0v) is 19.1. The molecule has 0 heterocycles. The summed E-state index contributed by atoms with van der Waals surface area (Å²) in [5.41, 5.74) is 1.24. The predicted molar refractivity (Wildman–Crippen MR) is 120 cm³/mol. The molecular weight excluding hydrogens is 438 g/mol. The molecule has 1 amide bonds. The summed E-state index contributed by atoms with van der Waals surface area (Å²) in [5, 5.41) is 2.59. The first-order valence-corrected chi connectivity index (χ1v) is 12.7. The Bertz CT molecular complexity index is 1140. The van der Waals surface area contributed by atoms with Crippen LogP contribution in [0.1, 0.15) is 35.3 Å². The first kappa shape index (κ1) is 24.7. The van der Waals surface area contributed by atoms with Gasteiger partial charge < -0.3 is 5.32 Å². The normalized spacial score (nSPS) is 12.0. The molecule has 0 spiro atoms. The zero-order chi connectivity index (χ0) is 23.1. The van der Waals surface area contributed by atoms with Gasteiger partial charge >= 0.3 is 0 Å². The van der Waals surface area contributed by atoms with E-state index in [1.807, 2.05) is 0 Å². The van der Waals surface area contributed by atoms with Crippen molar-refractivity contribution in [3.8, 4) is 0 Å². The molecule has 0 aliphatic carbocycles. The summed E-state index contributed by atoms with van der Waals surface area (Å²) in [6.45, 7) is 7.14. The Kier molecular flexibility index (Phi) is 8.52. The summed E-state index contributed by atoms with van der Waals surface area (Å²) in [6, 6.07) is 12.1. The van der Waals surface area contributed by atoms with Crippen LogP contribution >= 0.6 is 0 Å². The van der Waals surface area contributed by atoms with Crippen molar-refractivity contribution in [1.82, 2.24) is 14.8 Å². The van der Waals surface area contributed by atoms with Crippen molar-refractivity contribution in [1.29, 1.82) is 0 Å². The highest BCUT2D eigenvalue weighted by atomic mass is 32.2. The summed E-state index contributed by atoms with van der Waals surface area (Å²) in [4.78, 5) is 12.0. The first-order chi connectivity index (χ1) is 14.5. The molecule has 3 N–H and O–H groups in total. The summed E-state index contributed by atoms with van der Waals surface area (Å²) in [5.74, 6) is -0.674. The number of amides is 1. The monoisotopic (exact) mass is 465 g/mol. The summed E-state index contributed by atoms with van der Waals surface area (Å²) in [7, 11) is -7.49. The summed E-state index contributed by atoms with van der Waals surface area (Å²) < 4.78 is 55.0. The maximum atomic E-state index is 12.7. The molecule has 0 radical (unpaired) electrons. The molecule has 0 saturated heterocycles. The van der Waals surface area contributed by atoms with Crippen LogP contribution in [0, 0.1) is 0 Å². The van der Waals surface area contributed by atoms with Crippen molar-refractivity contribution in [3.63, 3.8) is 0 Å². The van der Waals surface area contributed by atoms with E-state index >= 15 is 0 Å². The Hall–Kier alpha value is -2.53. The van der Waals surface area contributed by atoms with Gasteiger partial charge in [-0.1, -0.05) is 36.4 Å². The first-order valence-electron chi connectivity index (χ1n) is 9.59. The molecule has 2 aromatic carbocycles. The minimum atomic E-state index is -3.93.